The van der Waals surface area contributed by atoms with Gasteiger partial charge < -0.3 is 9.47 Å². The molecule has 0 saturated heterocycles. The molecule has 0 aromatic heterocycles. The van der Waals surface area contributed by atoms with Crippen molar-refractivity contribution in [1.29, 1.82) is 0 Å². The molecule has 0 fully saturated rings. The van der Waals surface area contributed by atoms with E-state index < -0.39 is 11.9 Å². The average molecular weight is 284 g/mol. The number of carbonyl (C=O) groups excluding carboxylic acids is 2. The van der Waals surface area contributed by atoms with Crippen molar-refractivity contribution in [2.45, 2.75) is 20.8 Å². The number of rotatable bonds is 4. The minimum atomic E-state index is -0.508. The second-order valence-electron chi connectivity index (χ2n) is 3.39. The highest BCUT2D eigenvalue weighted by Crippen LogP contribution is 2.11. The van der Waals surface area contributed by atoms with Crippen molar-refractivity contribution >= 4 is 21.2 Å². The maximum Gasteiger partial charge on any atom is 0.338 e. The summed E-state index contributed by atoms with van der Waals surface area (Å²) in [5.41, 5.74) is 0.477. The summed E-state index contributed by atoms with van der Waals surface area (Å²) in [6.07, 6.45) is 1.17. The Labute approximate surface area is 116 Å². The Morgan fingerprint density at radius 3 is 1.53 bits per heavy atom. The van der Waals surface area contributed by atoms with Gasteiger partial charge in [0.05, 0.1) is 24.3 Å². The molecule has 5 heteroatoms. The number of esters is 2. The van der Waals surface area contributed by atoms with Crippen LogP contribution in [-0.4, -0.2) is 31.3 Å². The Kier molecular flexibility index (Phi) is 9.73. The fraction of sp³-hybridized carbons (Fsp3) is 0.429. The average Bonchev–Trinajstić information content (AvgIpc) is 2.40. The van der Waals surface area contributed by atoms with Crippen LogP contribution < -0.4 is 0 Å². The summed E-state index contributed by atoms with van der Waals surface area (Å²) in [7, 11) is 2.58. The van der Waals surface area contributed by atoms with Gasteiger partial charge in [0.2, 0.25) is 0 Å². The molecule has 0 radical (unpaired) electrons. The molecule has 1 rings (SSSR count). The van der Waals surface area contributed by atoms with Gasteiger partial charge in [-0.1, -0.05) is 19.1 Å². The molecule has 1 atom stereocenters. The second kappa shape index (κ2) is 10.5. The van der Waals surface area contributed by atoms with Gasteiger partial charge in [0.1, 0.15) is 0 Å². The molecular formula is C14H21O4P. The largest absolute Gasteiger partial charge is 0.462 e. The van der Waals surface area contributed by atoms with E-state index in [1.165, 1.54) is 6.16 Å². The van der Waals surface area contributed by atoms with E-state index in [0.717, 1.165) is 0 Å². The molecule has 0 heterocycles. The lowest BCUT2D eigenvalue weighted by Gasteiger charge is -2.07. The molecule has 19 heavy (non-hydrogen) atoms. The van der Waals surface area contributed by atoms with E-state index in [1.54, 1.807) is 38.1 Å². The third kappa shape index (κ3) is 6.35. The molecule has 1 aromatic rings. The van der Waals surface area contributed by atoms with Crippen LogP contribution in [0.3, 0.4) is 0 Å². The van der Waals surface area contributed by atoms with Crippen molar-refractivity contribution in [3.63, 3.8) is 0 Å². The van der Waals surface area contributed by atoms with Gasteiger partial charge in [0.25, 0.3) is 0 Å². The molecule has 0 spiro atoms. The van der Waals surface area contributed by atoms with Crippen molar-refractivity contribution in [3.8, 4) is 0 Å². The Balaban J connectivity index is 0.000000982. The van der Waals surface area contributed by atoms with Gasteiger partial charge >= 0.3 is 11.9 Å². The first-order chi connectivity index (χ1) is 9.12. The van der Waals surface area contributed by atoms with Crippen molar-refractivity contribution in [3.05, 3.63) is 35.4 Å². The zero-order chi connectivity index (χ0) is 14.7. The summed E-state index contributed by atoms with van der Waals surface area (Å²) >= 11 is 0. The van der Waals surface area contributed by atoms with Crippen LogP contribution in [0.2, 0.25) is 0 Å². The van der Waals surface area contributed by atoms with Crippen LogP contribution in [0.25, 0.3) is 0 Å². The summed E-state index contributed by atoms with van der Waals surface area (Å²) in [5.74, 6) is -1.02. The van der Waals surface area contributed by atoms with E-state index in [2.05, 4.69) is 16.2 Å². The summed E-state index contributed by atoms with van der Waals surface area (Å²) in [5, 5.41) is 0. The Bertz CT molecular complexity index is 367. The van der Waals surface area contributed by atoms with E-state index in [4.69, 9.17) is 9.47 Å². The Morgan fingerprint density at radius 1 is 0.947 bits per heavy atom. The third-order valence-electron chi connectivity index (χ3n) is 1.92. The van der Waals surface area contributed by atoms with Gasteiger partial charge in [0.15, 0.2) is 0 Å². The standard InChI is InChI=1S/C12H14O4.C2H7P/c1-3-15-11(13)9-7-5-6-8-10(9)12(14)16-4-2;1-2-3/h5-8H,3-4H2,1-2H3;2-3H2,1H3. The quantitative estimate of drug-likeness (QED) is 0.630. The highest BCUT2D eigenvalue weighted by atomic mass is 31.0. The van der Waals surface area contributed by atoms with Crippen LogP contribution in [0, 0.1) is 0 Å². The third-order valence-corrected chi connectivity index (χ3v) is 1.92. The van der Waals surface area contributed by atoms with Crippen LogP contribution in [0.4, 0.5) is 0 Å². The van der Waals surface area contributed by atoms with Crippen molar-refractivity contribution in [2.24, 2.45) is 0 Å². The first-order valence-electron chi connectivity index (χ1n) is 6.25. The van der Waals surface area contributed by atoms with Crippen LogP contribution in [-0.2, 0) is 9.47 Å². The lowest BCUT2D eigenvalue weighted by atomic mass is 10.1. The molecule has 4 nitrogen and oxygen atoms in total. The molecule has 106 valence electrons. The molecule has 0 N–H and O–H groups in total. The van der Waals surface area contributed by atoms with Gasteiger partial charge in [-0.3, -0.25) is 0 Å². The normalized spacial score (nSPS) is 9.05. The molecule has 1 aromatic carbocycles. The van der Waals surface area contributed by atoms with Gasteiger partial charge in [-0.05, 0) is 32.1 Å². The van der Waals surface area contributed by atoms with Crippen LogP contribution in [0.1, 0.15) is 41.5 Å². The number of ether oxygens (including phenoxy) is 2. The SMILES string of the molecule is CCOC(=O)c1ccccc1C(=O)OCC.CCP. The Hall–Kier alpha value is -1.41. The molecule has 1 unspecified atom stereocenters. The lowest BCUT2D eigenvalue weighted by molar-refractivity contribution is 0.0479. The maximum absolute atomic E-state index is 11.5. The minimum absolute atomic E-state index is 0.239. The number of hydrogen-bond acceptors (Lipinski definition) is 4. The summed E-state index contributed by atoms with van der Waals surface area (Å²) < 4.78 is 9.70. The van der Waals surface area contributed by atoms with Gasteiger partial charge in [0, 0.05) is 0 Å². The van der Waals surface area contributed by atoms with E-state index in [9.17, 15) is 9.59 Å². The van der Waals surface area contributed by atoms with Crippen LogP contribution >= 0.6 is 9.24 Å². The molecule has 0 aliphatic carbocycles. The first kappa shape index (κ1) is 17.6. The van der Waals surface area contributed by atoms with E-state index in [0.29, 0.717) is 0 Å². The Morgan fingerprint density at radius 2 is 1.26 bits per heavy atom. The van der Waals surface area contributed by atoms with Crippen LogP contribution in [0.5, 0.6) is 0 Å². The molecule has 0 aliphatic heterocycles. The van der Waals surface area contributed by atoms with E-state index >= 15 is 0 Å². The zero-order valence-corrected chi connectivity index (χ0v) is 12.8. The van der Waals surface area contributed by atoms with Crippen molar-refractivity contribution in [1.82, 2.24) is 0 Å². The van der Waals surface area contributed by atoms with E-state index in [-0.39, 0.29) is 24.3 Å². The van der Waals surface area contributed by atoms with Crippen LogP contribution in [0.15, 0.2) is 24.3 Å². The first-order valence-corrected chi connectivity index (χ1v) is 7.07. The van der Waals surface area contributed by atoms with E-state index in [1.807, 2.05) is 0 Å². The monoisotopic (exact) mass is 284 g/mol. The minimum Gasteiger partial charge on any atom is -0.462 e. The fourth-order valence-corrected chi connectivity index (χ4v) is 1.26. The summed E-state index contributed by atoms with van der Waals surface area (Å²) in [4.78, 5) is 23.1. The smallest absolute Gasteiger partial charge is 0.338 e. The second-order valence-corrected chi connectivity index (χ2v) is 4.21. The summed E-state index contributed by atoms with van der Waals surface area (Å²) in [6.45, 7) is 6.06. The number of benzene rings is 1. The molecule has 0 bridgehead atoms. The molecule has 0 aliphatic rings. The fourth-order valence-electron chi connectivity index (χ4n) is 1.26. The van der Waals surface area contributed by atoms with Gasteiger partial charge in [-0.2, -0.15) is 0 Å². The molecule has 0 saturated carbocycles. The van der Waals surface area contributed by atoms with Crippen molar-refractivity contribution in [2.75, 3.05) is 19.4 Å². The predicted octanol–water partition coefficient (Wildman–Crippen LogP) is 2.92. The maximum atomic E-state index is 11.5. The summed E-state index contributed by atoms with van der Waals surface area (Å²) in [6, 6.07) is 6.44. The highest BCUT2D eigenvalue weighted by molar-refractivity contribution is 7.16. The number of hydrogen-bond donors (Lipinski definition) is 0. The topological polar surface area (TPSA) is 52.6 Å². The molecular weight excluding hydrogens is 263 g/mol. The van der Waals surface area contributed by atoms with Gasteiger partial charge in [-0.25, -0.2) is 9.59 Å². The zero-order valence-electron chi connectivity index (χ0n) is 11.6. The van der Waals surface area contributed by atoms with Crippen molar-refractivity contribution < 1.29 is 19.1 Å². The molecule has 0 amide bonds. The number of carbonyl (C=O) groups is 2. The lowest BCUT2D eigenvalue weighted by Crippen LogP contribution is -2.13. The van der Waals surface area contributed by atoms with Gasteiger partial charge in [-0.15, -0.1) is 9.24 Å². The highest BCUT2D eigenvalue weighted by Gasteiger charge is 2.17. The predicted molar refractivity (Wildman–Crippen MR) is 78.6 cm³/mol.